The molecule has 1 saturated heterocycles. The minimum absolute atomic E-state index is 0.00429. The maximum atomic E-state index is 13.2. The molecule has 2 unspecified atom stereocenters. The van der Waals surface area contributed by atoms with Crippen molar-refractivity contribution in [1.29, 1.82) is 0 Å². The van der Waals surface area contributed by atoms with Crippen LogP contribution in [0.4, 0.5) is 10.1 Å². The first kappa shape index (κ1) is 24.1. The zero-order valence-corrected chi connectivity index (χ0v) is 18.7. The number of methoxy groups -OCH3 is 1. The molecule has 33 heavy (non-hydrogen) atoms. The Kier molecular flexibility index (Phi) is 7.59. The lowest BCUT2D eigenvalue weighted by molar-refractivity contribution is -0.385. The Morgan fingerprint density at radius 1 is 1.21 bits per heavy atom. The summed E-state index contributed by atoms with van der Waals surface area (Å²) >= 11 is 0. The van der Waals surface area contributed by atoms with Crippen LogP contribution in [0.3, 0.4) is 0 Å². The summed E-state index contributed by atoms with van der Waals surface area (Å²) in [6.45, 7) is 5.21. The molecule has 1 aliphatic rings. The smallest absolute Gasteiger partial charge is 0.315 e. The quantitative estimate of drug-likeness (QED) is 0.340. The third-order valence-corrected chi connectivity index (χ3v) is 5.68. The van der Waals surface area contributed by atoms with Crippen LogP contribution in [0, 0.1) is 15.9 Å². The van der Waals surface area contributed by atoms with Gasteiger partial charge in [-0.2, -0.15) is 0 Å². The summed E-state index contributed by atoms with van der Waals surface area (Å²) in [5.41, 5.74) is 0.600. The highest BCUT2D eigenvalue weighted by molar-refractivity contribution is 5.81. The van der Waals surface area contributed by atoms with E-state index < -0.39 is 17.2 Å². The molecule has 9 nitrogen and oxygen atoms in total. The molecule has 0 radical (unpaired) electrons. The standard InChI is InChI=1S/C23H26FN3O6/c1-15-11-26(16(2)10-25(15)12-17-4-6-19(24)7-5-17)22(29)14-33-23-20(27(30)31)8-18(13-28)9-21(23)32-3/h4-9,13,15-16H,10-12,14H2,1-3H3. The molecule has 10 heteroatoms. The Morgan fingerprint density at radius 3 is 2.52 bits per heavy atom. The fraction of sp³-hybridized carbons (Fsp3) is 0.391. The molecule has 176 valence electrons. The van der Waals surface area contributed by atoms with Crippen molar-refractivity contribution in [3.05, 3.63) is 63.5 Å². The SMILES string of the molecule is COc1cc(C=O)cc([N+](=O)[O-])c1OCC(=O)N1CC(C)N(Cc2ccc(F)cc2)CC1C. The van der Waals surface area contributed by atoms with Crippen molar-refractivity contribution >= 4 is 17.9 Å². The third-order valence-electron chi connectivity index (χ3n) is 5.68. The summed E-state index contributed by atoms with van der Waals surface area (Å²) in [7, 11) is 1.30. The van der Waals surface area contributed by atoms with Gasteiger partial charge in [0, 0.05) is 43.3 Å². The van der Waals surface area contributed by atoms with Crippen LogP contribution in [-0.4, -0.2) is 65.8 Å². The first-order valence-electron chi connectivity index (χ1n) is 10.5. The predicted octanol–water partition coefficient (Wildman–Crippen LogP) is 3.06. The summed E-state index contributed by atoms with van der Waals surface area (Å²) in [5, 5.41) is 11.4. The highest BCUT2D eigenvalue weighted by atomic mass is 19.1. The van der Waals surface area contributed by atoms with Crippen LogP contribution in [0.25, 0.3) is 0 Å². The molecule has 0 saturated carbocycles. The highest BCUT2D eigenvalue weighted by Crippen LogP contribution is 2.38. The Labute approximate surface area is 190 Å². The molecule has 2 aromatic carbocycles. The molecule has 2 atom stereocenters. The van der Waals surface area contributed by atoms with Crippen molar-refractivity contribution < 1.29 is 28.4 Å². The fourth-order valence-corrected chi connectivity index (χ4v) is 3.92. The molecule has 0 N–H and O–H groups in total. The van der Waals surface area contributed by atoms with Gasteiger partial charge in [0.15, 0.2) is 12.4 Å². The molecule has 1 fully saturated rings. The molecule has 2 aromatic rings. The van der Waals surface area contributed by atoms with Gasteiger partial charge in [0.1, 0.15) is 12.1 Å². The maximum absolute atomic E-state index is 13.2. The Balaban J connectivity index is 1.67. The number of amides is 1. The van der Waals surface area contributed by atoms with E-state index in [1.165, 1.54) is 25.3 Å². The van der Waals surface area contributed by atoms with Crippen LogP contribution in [-0.2, 0) is 11.3 Å². The van der Waals surface area contributed by atoms with Gasteiger partial charge in [0.05, 0.1) is 12.0 Å². The summed E-state index contributed by atoms with van der Waals surface area (Å²) < 4.78 is 23.8. The van der Waals surface area contributed by atoms with Crippen LogP contribution < -0.4 is 9.47 Å². The molecule has 0 aromatic heterocycles. The van der Waals surface area contributed by atoms with Gasteiger partial charge in [0.2, 0.25) is 5.75 Å². The number of benzene rings is 2. The lowest BCUT2D eigenvalue weighted by atomic mass is 10.1. The van der Waals surface area contributed by atoms with E-state index >= 15 is 0 Å². The average Bonchev–Trinajstić information content (AvgIpc) is 2.80. The van der Waals surface area contributed by atoms with Crippen molar-refractivity contribution in [2.75, 3.05) is 26.8 Å². The normalized spacial score (nSPS) is 18.6. The molecule has 0 spiro atoms. The van der Waals surface area contributed by atoms with E-state index in [0.717, 1.165) is 11.6 Å². The van der Waals surface area contributed by atoms with Crippen molar-refractivity contribution in [2.24, 2.45) is 0 Å². The zero-order valence-electron chi connectivity index (χ0n) is 18.7. The second-order valence-electron chi connectivity index (χ2n) is 8.04. The van der Waals surface area contributed by atoms with Gasteiger partial charge in [-0.1, -0.05) is 12.1 Å². The van der Waals surface area contributed by atoms with Crippen LogP contribution in [0.5, 0.6) is 11.5 Å². The van der Waals surface area contributed by atoms with Gasteiger partial charge in [-0.3, -0.25) is 24.6 Å². The van der Waals surface area contributed by atoms with E-state index in [1.807, 2.05) is 13.8 Å². The van der Waals surface area contributed by atoms with Crippen LogP contribution in [0.15, 0.2) is 36.4 Å². The van der Waals surface area contributed by atoms with E-state index in [4.69, 9.17) is 9.47 Å². The van der Waals surface area contributed by atoms with Gasteiger partial charge in [-0.15, -0.1) is 0 Å². The second-order valence-corrected chi connectivity index (χ2v) is 8.04. The summed E-state index contributed by atoms with van der Waals surface area (Å²) in [6, 6.07) is 8.67. The van der Waals surface area contributed by atoms with Gasteiger partial charge >= 0.3 is 5.69 Å². The molecule has 3 rings (SSSR count). The fourth-order valence-electron chi connectivity index (χ4n) is 3.92. The van der Waals surface area contributed by atoms with E-state index in [1.54, 1.807) is 17.0 Å². The van der Waals surface area contributed by atoms with E-state index in [2.05, 4.69) is 4.90 Å². The van der Waals surface area contributed by atoms with Crippen molar-refractivity contribution in [3.63, 3.8) is 0 Å². The number of hydrogen-bond acceptors (Lipinski definition) is 7. The van der Waals surface area contributed by atoms with Crippen LogP contribution in [0.2, 0.25) is 0 Å². The molecular formula is C23H26FN3O6. The molecular weight excluding hydrogens is 433 g/mol. The third kappa shape index (κ3) is 5.64. The number of hydrogen-bond donors (Lipinski definition) is 0. The lowest BCUT2D eigenvalue weighted by Crippen LogP contribution is -2.58. The van der Waals surface area contributed by atoms with Gasteiger partial charge < -0.3 is 14.4 Å². The number of aldehydes is 1. The van der Waals surface area contributed by atoms with Gasteiger partial charge in [0.25, 0.3) is 5.91 Å². The monoisotopic (exact) mass is 459 g/mol. The number of halogens is 1. The number of carbonyl (C=O) groups is 2. The Bertz CT molecular complexity index is 1030. The molecule has 1 aliphatic heterocycles. The van der Waals surface area contributed by atoms with Crippen LogP contribution >= 0.6 is 0 Å². The van der Waals surface area contributed by atoms with Crippen molar-refractivity contribution in [1.82, 2.24) is 9.80 Å². The van der Waals surface area contributed by atoms with E-state index in [-0.39, 0.29) is 40.9 Å². The first-order chi connectivity index (χ1) is 15.7. The highest BCUT2D eigenvalue weighted by Gasteiger charge is 2.33. The molecule has 0 bridgehead atoms. The number of carbonyl (C=O) groups excluding carboxylic acids is 2. The summed E-state index contributed by atoms with van der Waals surface area (Å²) in [5.74, 6) is -0.790. The van der Waals surface area contributed by atoms with Crippen LogP contribution in [0.1, 0.15) is 29.8 Å². The predicted molar refractivity (Wildman–Crippen MR) is 118 cm³/mol. The van der Waals surface area contributed by atoms with E-state index in [9.17, 15) is 24.1 Å². The summed E-state index contributed by atoms with van der Waals surface area (Å²) in [6.07, 6.45) is 0.471. The van der Waals surface area contributed by atoms with Gasteiger partial charge in [-0.05, 0) is 37.6 Å². The molecule has 1 amide bonds. The number of ether oxygens (including phenoxy) is 2. The second kappa shape index (κ2) is 10.4. The minimum Gasteiger partial charge on any atom is -0.493 e. The average molecular weight is 459 g/mol. The molecule has 0 aliphatic carbocycles. The number of nitrogens with zero attached hydrogens (tertiary/aromatic N) is 3. The maximum Gasteiger partial charge on any atom is 0.315 e. The zero-order chi connectivity index (χ0) is 24.1. The van der Waals surface area contributed by atoms with E-state index in [0.29, 0.717) is 25.9 Å². The molecule has 1 heterocycles. The number of rotatable bonds is 8. The Hall–Kier alpha value is -3.53. The van der Waals surface area contributed by atoms with Gasteiger partial charge in [-0.25, -0.2) is 4.39 Å². The number of nitro benzene ring substituents is 1. The lowest BCUT2D eigenvalue weighted by Gasteiger charge is -2.44. The topological polar surface area (TPSA) is 102 Å². The minimum atomic E-state index is -0.686. The van der Waals surface area contributed by atoms with Crippen molar-refractivity contribution in [2.45, 2.75) is 32.5 Å². The Morgan fingerprint density at radius 2 is 1.91 bits per heavy atom. The summed E-state index contributed by atoms with van der Waals surface area (Å²) in [4.78, 5) is 38.6. The number of piperazine rings is 1. The van der Waals surface area contributed by atoms with Crippen molar-refractivity contribution in [3.8, 4) is 11.5 Å². The first-order valence-corrected chi connectivity index (χ1v) is 10.5. The number of nitro groups is 1. The largest absolute Gasteiger partial charge is 0.493 e.